The molecule has 0 spiro atoms. The van der Waals surface area contributed by atoms with Gasteiger partial charge in [0.25, 0.3) is 0 Å². The minimum Gasteiger partial charge on any atom is -0.324 e. The second-order valence-corrected chi connectivity index (χ2v) is 2.94. The molecule has 0 saturated carbocycles. The van der Waals surface area contributed by atoms with E-state index in [1.165, 1.54) is 0 Å². The number of hydrogen-bond acceptors (Lipinski definition) is 2. The molecule has 0 atom stereocenters. The van der Waals surface area contributed by atoms with Crippen LogP contribution in [0.5, 0.6) is 0 Å². The number of nitrogen functional groups attached to an aromatic ring is 1. The molecule has 1 aromatic rings. The van der Waals surface area contributed by atoms with E-state index >= 15 is 0 Å². The van der Waals surface area contributed by atoms with Crippen LogP contribution in [0.4, 0.5) is 5.69 Å². The summed E-state index contributed by atoms with van der Waals surface area (Å²) in [6.07, 6.45) is 4.04. The van der Waals surface area contributed by atoms with E-state index in [4.69, 9.17) is 5.84 Å². The van der Waals surface area contributed by atoms with Crippen molar-refractivity contribution >= 4 is 27.7 Å². The molecule has 0 radical (unpaired) electrons. The zero-order valence-electron chi connectivity index (χ0n) is 6.63. The lowest BCUT2D eigenvalue weighted by Crippen LogP contribution is -2.07. The van der Waals surface area contributed by atoms with Crippen molar-refractivity contribution < 1.29 is 0 Å². The van der Waals surface area contributed by atoms with Crippen LogP contribution in [0.2, 0.25) is 0 Å². The minimum atomic E-state index is 0.853. The normalized spacial score (nSPS) is 10.5. The Labute approximate surface area is 80.6 Å². The van der Waals surface area contributed by atoms with Crippen LogP contribution in [0.15, 0.2) is 30.3 Å². The highest BCUT2D eigenvalue weighted by Gasteiger charge is 1.93. The first-order valence-electron chi connectivity index (χ1n) is 3.66. The summed E-state index contributed by atoms with van der Waals surface area (Å²) >= 11 is 3.31. The topological polar surface area (TPSA) is 38.0 Å². The number of rotatable bonds is 3. The number of allylic oxidation sites excluding steroid dienone is 1. The van der Waals surface area contributed by atoms with Gasteiger partial charge in [-0.2, -0.15) is 0 Å². The Bertz CT molecular complexity index is 271. The maximum absolute atomic E-state index is 5.33. The molecule has 0 aliphatic rings. The van der Waals surface area contributed by atoms with Gasteiger partial charge >= 0.3 is 0 Å². The molecule has 0 bridgehead atoms. The molecule has 3 N–H and O–H groups in total. The summed E-state index contributed by atoms with van der Waals surface area (Å²) in [5.74, 6) is 5.33. The summed E-state index contributed by atoms with van der Waals surface area (Å²) in [7, 11) is 0. The molecule has 64 valence electrons. The average molecular weight is 227 g/mol. The lowest BCUT2D eigenvalue weighted by molar-refractivity contribution is 1.34. The minimum absolute atomic E-state index is 0.853. The summed E-state index contributed by atoms with van der Waals surface area (Å²) in [6.45, 7) is 0. The van der Waals surface area contributed by atoms with Gasteiger partial charge in [0, 0.05) is 5.33 Å². The fraction of sp³-hybridized carbons (Fsp3) is 0.111. The largest absolute Gasteiger partial charge is 0.324 e. The number of halogens is 1. The first kappa shape index (κ1) is 9.29. The molecule has 12 heavy (non-hydrogen) atoms. The van der Waals surface area contributed by atoms with Crippen LogP contribution in [-0.2, 0) is 0 Å². The van der Waals surface area contributed by atoms with Gasteiger partial charge < -0.3 is 5.43 Å². The van der Waals surface area contributed by atoms with Crippen LogP contribution in [0.1, 0.15) is 5.56 Å². The molecule has 0 saturated heterocycles. The van der Waals surface area contributed by atoms with Gasteiger partial charge in [-0.25, -0.2) is 0 Å². The van der Waals surface area contributed by atoms with E-state index in [0.717, 1.165) is 16.6 Å². The summed E-state index contributed by atoms with van der Waals surface area (Å²) in [5, 5.41) is 0.853. The van der Waals surface area contributed by atoms with Crippen molar-refractivity contribution in [2.24, 2.45) is 5.84 Å². The number of nitrogens with two attached hydrogens (primary N) is 1. The van der Waals surface area contributed by atoms with E-state index < -0.39 is 0 Å². The van der Waals surface area contributed by atoms with Crippen molar-refractivity contribution in [2.75, 3.05) is 10.8 Å². The Kier molecular flexibility index (Phi) is 3.84. The van der Waals surface area contributed by atoms with Crippen molar-refractivity contribution in [3.8, 4) is 0 Å². The Morgan fingerprint density at radius 2 is 2.17 bits per heavy atom. The number of alkyl halides is 1. The maximum atomic E-state index is 5.33. The molecule has 2 nitrogen and oxygen atoms in total. The molecule has 0 fully saturated rings. The predicted octanol–water partition coefficient (Wildman–Crippen LogP) is 2.38. The van der Waals surface area contributed by atoms with E-state index in [2.05, 4.69) is 21.4 Å². The molecular weight excluding hydrogens is 216 g/mol. The number of benzene rings is 1. The summed E-state index contributed by atoms with van der Waals surface area (Å²) in [6, 6.07) is 7.87. The number of anilines is 1. The third-order valence-corrected chi connectivity index (χ3v) is 1.88. The highest BCUT2D eigenvalue weighted by Crippen LogP contribution is 2.14. The molecule has 3 heteroatoms. The van der Waals surface area contributed by atoms with Gasteiger partial charge in [-0.1, -0.05) is 46.3 Å². The summed E-state index contributed by atoms with van der Waals surface area (Å²) < 4.78 is 0. The highest BCUT2D eigenvalue weighted by molar-refractivity contribution is 9.09. The van der Waals surface area contributed by atoms with E-state index in [0.29, 0.717) is 0 Å². The van der Waals surface area contributed by atoms with E-state index in [-0.39, 0.29) is 0 Å². The van der Waals surface area contributed by atoms with E-state index in [9.17, 15) is 0 Å². The van der Waals surface area contributed by atoms with Crippen LogP contribution < -0.4 is 11.3 Å². The van der Waals surface area contributed by atoms with Crippen molar-refractivity contribution in [3.63, 3.8) is 0 Å². The van der Waals surface area contributed by atoms with Crippen molar-refractivity contribution in [3.05, 3.63) is 35.9 Å². The Morgan fingerprint density at radius 1 is 1.42 bits per heavy atom. The van der Waals surface area contributed by atoms with Crippen LogP contribution in [0.3, 0.4) is 0 Å². The molecule has 0 heterocycles. The summed E-state index contributed by atoms with van der Waals surface area (Å²) in [4.78, 5) is 0. The molecule has 0 aromatic heterocycles. The summed E-state index contributed by atoms with van der Waals surface area (Å²) in [5.41, 5.74) is 4.67. The number of hydrogen-bond donors (Lipinski definition) is 2. The molecule has 1 aromatic carbocycles. The van der Waals surface area contributed by atoms with Gasteiger partial charge in [0.05, 0.1) is 5.69 Å². The average Bonchev–Trinajstić information content (AvgIpc) is 2.15. The monoisotopic (exact) mass is 226 g/mol. The van der Waals surface area contributed by atoms with Crippen LogP contribution >= 0.6 is 15.9 Å². The highest BCUT2D eigenvalue weighted by atomic mass is 79.9. The standard InChI is InChI=1S/C9H11BrN2/c10-7-3-5-8-4-1-2-6-9(8)12-11/h1-6,12H,7,11H2. The lowest BCUT2D eigenvalue weighted by Gasteiger charge is -2.02. The number of nitrogens with one attached hydrogen (secondary N) is 1. The molecule has 0 amide bonds. The molecular formula is C9H11BrN2. The SMILES string of the molecule is NNc1ccccc1C=CCBr. The maximum Gasteiger partial charge on any atom is 0.0557 e. The second kappa shape index (κ2) is 4.95. The van der Waals surface area contributed by atoms with Gasteiger partial charge in [0.2, 0.25) is 0 Å². The second-order valence-electron chi connectivity index (χ2n) is 2.29. The van der Waals surface area contributed by atoms with Crippen molar-refractivity contribution in [1.82, 2.24) is 0 Å². The Hall–Kier alpha value is -0.800. The zero-order chi connectivity index (χ0) is 8.81. The molecule has 0 unspecified atom stereocenters. The molecule has 1 rings (SSSR count). The van der Waals surface area contributed by atoms with Gasteiger partial charge in [0.15, 0.2) is 0 Å². The lowest BCUT2D eigenvalue weighted by atomic mass is 10.2. The van der Waals surface area contributed by atoms with Gasteiger partial charge in [0.1, 0.15) is 0 Å². The van der Waals surface area contributed by atoms with Gasteiger partial charge in [-0.3, -0.25) is 5.84 Å². The molecule has 0 aliphatic carbocycles. The third-order valence-electron chi connectivity index (χ3n) is 1.50. The fourth-order valence-electron chi connectivity index (χ4n) is 0.945. The first-order chi connectivity index (χ1) is 5.88. The number of para-hydroxylation sites is 1. The van der Waals surface area contributed by atoms with Gasteiger partial charge in [-0.15, -0.1) is 0 Å². The van der Waals surface area contributed by atoms with Crippen LogP contribution in [0.25, 0.3) is 6.08 Å². The zero-order valence-corrected chi connectivity index (χ0v) is 8.21. The number of hydrazine groups is 1. The van der Waals surface area contributed by atoms with E-state index in [1.54, 1.807) is 0 Å². The van der Waals surface area contributed by atoms with Crippen molar-refractivity contribution in [2.45, 2.75) is 0 Å². The van der Waals surface area contributed by atoms with Crippen molar-refractivity contribution in [1.29, 1.82) is 0 Å². The molecule has 0 aliphatic heterocycles. The Balaban J connectivity index is 2.89. The van der Waals surface area contributed by atoms with Crippen LogP contribution in [0, 0.1) is 0 Å². The third kappa shape index (κ3) is 2.36. The first-order valence-corrected chi connectivity index (χ1v) is 4.79. The quantitative estimate of drug-likeness (QED) is 0.472. The van der Waals surface area contributed by atoms with E-state index in [1.807, 2.05) is 36.4 Å². The van der Waals surface area contributed by atoms with Crippen LogP contribution in [-0.4, -0.2) is 5.33 Å². The Morgan fingerprint density at radius 3 is 2.83 bits per heavy atom. The predicted molar refractivity (Wildman–Crippen MR) is 57.1 cm³/mol. The fourth-order valence-corrected chi connectivity index (χ4v) is 1.13. The smallest absolute Gasteiger partial charge is 0.0557 e. The van der Waals surface area contributed by atoms with Gasteiger partial charge in [-0.05, 0) is 11.6 Å².